The van der Waals surface area contributed by atoms with Crippen LogP contribution < -0.4 is 5.32 Å². The molecule has 102 valence electrons. The minimum absolute atomic E-state index is 0.267. The van der Waals surface area contributed by atoms with E-state index in [9.17, 15) is 0 Å². The molecule has 0 aliphatic rings. The number of benzene rings is 1. The molecule has 1 unspecified atom stereocenters. The van der Waals surface area contributed by atoms with Gasteiger partial charge in [-0.25, -0.2) is 0 Å². The van der Waals surface area contributed by atoms with Gasteiger partial charge in [0.15, 0.2) is 0 Å². The van der Waals surface area contributed by atoms with Crippen molar-refractivity contribution < 1.29 is 0 Å². The molecule has 0 heterocycles. The lowest BCUT2D eigenvalue weighted by molar-refractivity contribution is 0.577. The van der Waals surface area contributed by atoms with Gasteiger partial charge in [0.1, 0.15) is 0 Å². The summed E-state index contributed by atoms with van der Waals surface area (Å²) >= 11 is 14.3. The minimum Gasteiger partial charge on any atom is -0.309 e. The molecule has 0 saturated heterocycles. The lowest BCUT2D eigenvalue weighted by atomic mass is 10.1. The fourth-order valence-electron chi connectivity index (χ4n) is 1.66. The molecule has 0 amide bonds. The molecule has 1 aromatic carbocycles. The van der Waals surface area contributed by atoms with Gasteiger partial charge >= 0.3 is 0 Å². The molecule has 18 heavy (non-hydrogen) atoms. The van der Waals surface area contributed by atoms with Gasteiger partial charge in [0.2, 0.25) is 0 Å². The SMILES string of the molecule is CCCNC(CSC(C)C)c1cccc(Cl)c1Cl. The lowest BCUT2D eigenvalue weighted by Gasteiger charge is -2.21. The molecular weight excluding hydrogens is 285 g/mol. The maximum Gasteiger partial charge on any atom is 0.0640 e. The highest BCUT2D eigenvalue weighted by atomic mass is 35.5. The number of thioether (sulfide) groups is 1. The molecule has 1 nitrogen and oxygen atoms in total. The normalized spacial score (nSPS) is 13.0. The first kappa shape index (κ1) is 16.2. The molecule has 0 aromatic heterocycles. The summed E-state index contributed by atoms with van der Waals surface area (Å²) in [5.74, 6) is 1.01. The summed E-state index contributed by atoms with van der Waals surface area (Å²) in [6, 6.07) is 6.12. The molecule has 0 spiro atoms. The summed E-state index contributed by atoms with van der Waals surface area (Å²) in [6.45, 7) is 7.58. The topological polar surface area (TPSA) is 12.0 Å². The zero-order chi connectivity index (χ0) is 13.5. The van der Waals surface area contributed by atoms with Crippen LogP contribution in [0.15, 0.2) is 18.2 Å². The molecule has 0 fully saturated rings. The van der Waals surface area contributed by atoms with Crippen LogP contribution in [-0.2, 0) is 0 Å². The van der Waals surface area contributed by atoms with Crippen LogP contribution in [0.25, 0.3) is 0 Å². The van der Waals surface area contributed by atoms with Gasteiger partial charge in [0, 0.05) is 11.8 Å². The third-order valence-electron chi connectivity index (χ3n) is 2.59. The van der Waals surface area contributed by atoms with Gasteiger partial charge < -0.3 is 5.32 Å². The van der Waals surface area contributed by atoms with Gasteiger partial charge in [-0.15, -0.1) is 0 Å². The quantitative estimate of drug-likeness (QED) is 0.745. The van der Waals surface area contributed by atoms with E-state index >= 15 is 0 Å². The van der Waals surface area contributed by atoms with Crippen LogP contribution >= 0.6 is 35.0 Å². The van der Waals surface area contributed by atoms with Crippen molar-refractivity contribution in [3.05, 3.63) is 33.8 Å². The highest BCUT2D eigenvalue weighted by molar-refractivity contribution is 7.99. The Balaban J connectivity index is 2.83. The van der Waals surface area contributed by atoms with E-state index in [0.29, 0.717) is 15.3 Å². The summed E-state index contributed by atoms with van der Waals surface area (Å²) in [4.78, 5) is 0. The van der Waals surface area contributed by atoms with E-state index in [1.165, 1.54) is 0 Å². The van der Waals surface area contributed by atoms with E-state index in [-0.39, 0.29) is 6.04 Å². The van der Waals surface area contributed by atoms with Crippen molar-refractivity contribution in [3.63, 3.8) is 0 Å². The van der Waals surface area contributed by atoms with E-state index < -0.39 is 0 Å². The van der Waals surface area contributed by atoms with E-state index in [1.54, 1.807) is 0 Å². The van der Waals surface area contributed by atoms with Crippen molar-refractivity contribution in [1.29, 1.82) is 0 Å². The van der Waals surface area contributed by atoms with E-state index in [0.717, 1.165) is 24.3 Å². The Morgan fingerprint density at radius 2 is 2.00 bits per heavy atom. The number of rotatable bonds is 7. The van der Waals surface area contributed by atoms with Gasteiger partial charge in [-0.05, 0) is 29.8 Å². The molecule has 1 rings (SSSR count). The van der Waals surface area contributed by atoms with E-state index in [2.05, 4.69) is 32.2 Å². The zero-order valence-corrected chi connectivity index (χ0v) is 13.5. The summed E-state index contributed by atoms with van der Waals surface area (Å²) in [7, 11) is 0. The molecule has 4 heteroatoms. The van der Waals surface area contributed by atoms with Crippen LogP contribution in [0.1, 0.15) is 38.8 Å². The van der Waals surface area contributed by atoms with Crippen molar-refractivity contribution in [2.45, 2.75) is 38.5 Å². The first-order valence-electron chi connectivity index (χ1n) is 6.35. The molecule has 0 radical (unpaired) electrons. The fourth-order valence-corrected chi connectivity index (χ4v) is 2.97. The van der Waals surface area contributed by atoms with Crippen LogP contribution in [0.5, 0.6) is 0 Å². The largest absolute Gasteiger partial charge is 0.309 e. The van der Waals surface area contributed by atoms with Crippen LogP contribution in [0.2, 0.25) is 10.0 Å². The van der Waals surface area contributed by atoms with Gasteiger partial charge in [-0.3, -0.25) is 0 Å². The van der Waals surface area contributed by atoms with Gasteiger partial charge in [0.05, 0.1) is 10.0 Å². The monoisotopic (exact) mass is 305 g/mol. The average molecular weight is 306 g/mol. The number of halogens is 2. The molecule has 1 N–H and O–H groups in total. The molecule has 0 bridgehead atoms. The molecule has 1 aromatic rings. The number of nitrogens with one attached hydrogen (secondary N) is 1. The average Bonchev–Trinajstić information content (AvgIpc) is 2.33. The van der Waals surface area contributed by atoms with Crippen LogP contribution in [-0.4, -0.2) is 17.5 Å². The maximum absolute atomic E-state index is 6.30. The van der Waals surface area contributed by atoms with Crippen molar-refractivity contribution in [3.8, 4) is 0 Å². The molecule has 1 atom stereocenters. The van der Waals surface area contributed by atoms with Gasteiger partial charge in [-0.1, -0.05) is 56.1 Å². The Morgan fingerprint density at radius 3 is 2.61 bits per heavy atom. The Hall–Kier alpha value is 0.110. The minimum atomic E-state index is 0.267. The van der Waals surface area contributed by atoms with Crippen molar-refractivity contribution >= 4 is 35.0 Å². The predicted molar refractivity (Wildman–Crippen MR) is 85.1 cm³/mol. The fraction of sp³-hybridized carbons (Fsp3) is 0.571. The third-order valence-corrected chi connectivity index (χ3v) is 4.62. The van der Waals surface area contributed by atoms with Crippen LogP contribution in [0, 0.1) is 0 Å². The first-order chi connectivity index (χ1) is 8.56. The lowest BCUT2D eigenvalue weighted by Crippen LogP contribution is -2.25. The van der Waals surface area contributed by atoms with E-state index in [1.807, 2.05) is 23.9 Å². The zero-order valence-electron chi connectivity index (χ0n) is 11.2. The first-order valence-corrected chi connectivity index (χ1v) is 8.15. The maximum atomic E-state index is 6.30. The highest BCUT2D eigenvalue weighted by Gasteiger charge is 2.16. The molecule has 0 aliphatic heterocycles. The standard InChI is InChI=1S/C14H21Cl2NS/c1-4-8-17-13(9-18-10(2)3)11-6-5-7-12(15)14(11)16/h5-7,10,13,17H,4,8-9H2,1-3H3. The van der Waals surface area contributed by atoms with Crippen molar-refractivity contribution in [1.82, 2.24) is 5.32 Å². The van der Waals surface area contributed by atoms with Crippen LogP contribution in [0.3, 0.4) is 0 Å². The second-order valence-electron chi connectivity index (χ2n) is 4.53. The van der Waals surface area contributed by atoms with E-state index in [4.69, 9.17) is 23.2 Å². The number of hydrogen-bond acceptors (Lipinski definition) is 2. The van der Waals surface area contributed by atoms with Gasteiger partial charge in [0.25, 0.3) is 0 Å². The summed E-state index contributed by atoms with van der Waals surface area (Å²) in [5, 5.41) is 5.47. The molecule has 0 saturated carbocycles. The Bertz CT molecular complexity index is 369. The summed E-state index contributed by atoms with van der Waals surface area (Å²) in [6.07, 6.45) is 1.11. The molecular formula is C14H21Cl2NS. The predicted octanol–water partition coefficient (Wildman–Crippen LogP) is 5.18. The van der Waals surface area contributed by atoms with Crippen LogP contribution in [0.4, 0.5) is 0 Å². The van der Waals surface area contributed by atoms with Gasteiger partial charge in [-0.2, -0.15) is 11.8 Å². The highest BCUT2D eigenvalue weighted by Crippen LogP contribution is 2.32. The summed E-state index contributed by atoms with van der Waals surface area (Å²) in [5.41, 5.74) is 1.10. The molecule has 0 aliphatic carbocycles. The summed E-state index contributed by atoms with van der Waals surface area (Å²) < 4.78 is 0. The second kappa shape index (κ2) is 8.31. The number of hydrogen-bond donors (Lipinski definition) is 1. The second-order valence-corrected chi connectivity index (χ2v) is 6.93. The Labute approximate surface area is 125 Å². The van der Waals surface area contributed by atoms with Crippen molar-refractivity contribution in [2.75, 3.05) is 12.3 Å². The third kappa shape index (κ3) is 5.00. The Kier molecular flexibility index (Phi) is 7.47. The van der Waals surface area contributed by atoms with Crippen molar-refractivity contribution in [2.24, 2.45) is 0 Å². The Morgan fingerprint density at radius 1 is 1.28 bits per heavy atom. The smallest absolute Gasteiger partial charge is 0.0640 e.